The van der Waals surface area contributed by atoms with Crippen molar-refractivity contribution in [2.45, 2.75) is 46.2 Å². The average Bonchev–Trinajstić information content (AvgIpc) is 2.90. The van der Waals surface area contributed by atoms with Gasteiger partial charge in [-0.25, -0.2) is 9.78 Å². The summed E-state index contributed by atoms with van der Waals surface area (Å²) in [6.45, 7) is 7.97. The van der Waals surface area contributed by atoms with E-state index in [1.165, 1.54) is 29.0 Å². The molecule has 1 fully saturated rings. The summed E-state index contributed by atoms with van der Waals surface area (Å²) in [4.78, 5) is 31.9. The van der Waals surface area contributed by atoms with E-state index in [1.54, 1.807) is 7.05 Å². The molecule has 7 heteroatoms. The third kappa shape index (κ3) is 2.81. The number of likely N-dealkylation sites (tertiary alicyclic amines) is 1. The Kier molecular flexibility index (Phi) is 4.62. The van der Waals surface area contributed by atoms with Gasteiger partial charge in [0.25, 0.3) is 5.56 Å². The number of rotatable bonds is 4. The molecule has 0 aliphatic carbocycles. The van der Waals surface area contributed by atoms with Gasteiger partial charge in [0, 0.05) is 27.2 Å². The highest BCUT2D eigenvalue weighted by molar-refractivity contribution is 5.71. The zero-order chi connectivity index (χ0) is 17.4. The summed E-state index contributed by atoms with van der Waals surface area (Å²) in [5, 5.41) is 0. The molecule has 0 aromatic carbocycles. The van der Waals surface area contributed by atoms with Crippen molar-refractivity contribution in [2.75, 3.05) is 13.1 Å². The molecule has 132 valence electrons. The van der Waals surface area contributed by atoms with E-state index in [4.69, 9.17) is 0 Å². The summed E-state index contributed by atoms with van der Waals surface area (Å²) >= 11 is 0. The van der Waals surface area contributed by atoms with Gasteiger partial charge in [0.2, 0.25) is 0 Å². The monoisotopic (exact) mass is 333 g/mol. The van der Waals surface area contributed by atoms with Crippen LogP contribution in [0.2, 0.25) is 0 Å². The van der Waals surface area contributed by atoms with Gasteiger partial charge in [0.05, 0.1) is 6.54 Å². The Morgan fingerprint density at radius 3 is 2.62 bits per heavy atom. The molecule has 7 nitrogen and oxygen atoms in total. The molecule has 0 saturated carbocycles. The summed E-state index contributed by atoms with van der Waals surface area (Å²) in [7, 11) is 3.21. The smallest absolute Gasteiger partial charge is 0.321 e. The lowest BCUT2D eigenvalue weighted by atomic mass is 10.0. The van der Waals surface area contributed by atoms with Crippen molar-refractivity contribution in [1.29, 1.82) is 0 Å². The zero-order valence-electron chi connectivity index (χ0n) is 15.1. The highest BCUT2D eigenvalue weighted by Crippen LogP contribution is 2.19. The van der Waals surface area contributed by atoms with Gasteiger partial charge < -0.3 is 4.57 Å². The molecule has 1 aliphatic heterocycles. The maximum atomic E-state index is 12.6. The number of aryl methyl sites for hydroxylation is 2. The Bertz CT molecular complexity index is 860. The Balaban J connectivity index is 2.12. The molecule has 0 amide bonds. The first-order valence-electron chi connectivity index (χ1n) is 8.81. The SMILES string of the molecule is CCCn1c(CN2CCC[C@H](C)C2)nc2c1c(=O)n(C)c(=O)n2C. The average molecular weight is 333 g/mol. The molecule has 0 spiro atoms. The van der Waals surface area contributed by atoms with Gasteiger partial charge in [-0.3, -0.25) is 18.8 Å². The summed E-state index contributed by atoms with van der Waals surface area (Å²) in [6, 6.07) is 0. The predicted molar refractivity (Wildman–Crippen MR) is 94.2 cm³/mol. The van der Waals surface area contributed by atoms with Gasteiger partial charge >= 0.3 is 5.69 Å². The van der Waals surface area contributed by atoms with Crippen molar-refractivity contribution in [3.63, 3.8) is 0 Å². The molecule has 0 N–H and O–H groups in total. The molecule has 3 heterocycles. The van der Waals surface area contributed by atoms with Crippen molar-refractivity contribution in [2.24, 2.45) is 20.0 Å². The van der Waals surface area contributed by atoms with Crippen LogP contribution in [-0.4, -0.2) is 36.7 Å². The number of fused-ring (bicyclic) bond motifs is 1. The number of hydrogen-bond acceptors (Lipinski definition) is 4. The van der Waals surface area contributed by atoms with Crippen molar-refractivity contribution in [3.8, 4) is 0 Å². The predicted octanol–water partition coefficient (Wildman–Crippen LogP) is 1.08. The number of aromatic nitrogens is 4. The summed E-state index contributed by atoms with van der Waals surface area (Å²) in [6.07, 6.45) is 3.40. The minimum Gasteiger partial charge on any atom is -0.321 e. The summed E-state index contributed by atoms with van der Waals surface area (Å²) in [5.74, 6) is 1.58. The second-order valence-corrected chi connectivity index (χ2v) is 7.04. The molecule has 1 aliphatic rings. The highest BCUT2D eigenvalue weighted by atomic mass is 16.2. The van der Waals surface area contributed by atoms with Crippen LogP contribution in [0.25, 0.3) is 11.2 Å². The van der Waals surface area contributed by atoms with Crippen LogP contribution in [0.4, 0.5) is 0 Å². The maximum Gasteiger partial charge on any atom is 0.332 e. The molecule has 1 saturated heterocycles. The fraction of sp³-hybridized carbons (Fsp3) is 0.706. The van der Waals surface area contributed by atoms with Gasteiger partial charge in [0.1, 0.15) is 5.82 Å². The third-order valence-electron chi connectivity index (χ3n) is 4.98. The van der Waals surface area contributed by atoms with Crippen molar-refractivity contribution >= 4 is 11.2 Å². The molecule has 3 rings (SSSR count). The van der Waals surface area contributed by atoms with Crippen LogP contribution in [0, 0.1) is 5.92 Å². The van der Waals surface area contributed by atoms with E-state index in [2.05, 4.69) is 23.7 Å². The zero-order valence-corrected chi connectivity index (χ0v) is 15.1. The molecule has 0 bridgehead atoms. The fourth-order valence-electron chi connectivity index (χ4n) is 3.71. The quantitative estimate of drug-likeness (QED) is 0.840. The van der Waals surface area contributed by atoms with E-state index < -0.39 is 0 Å². The van der Waals surface area contributed by atoms with Crippen LogP contribution < -0.4 is 11.2 Å². The number of piperidine rings is 1. The largest absolute Gasteiger partial charge is 0.332 e. The van der Waals surface area contributed by atoms with E-state index >= 15 is 0 Å². The highest BCUT2D eigenvalue weighted by Gasteiger charge is 2.22. The van der Waals surface area contributed by atoms with E-state index in [0.717, 1.165) is 38.4 Å². The summed E-state index contributed by atoms with van der Waals surface area (Å²) < 4.78 is 4.66. The molecule has 2 aromatic rings. The van der Waals surface area contributed by atoms with Crippen molar-refractivity contribution < 1.29 is 0 Å². The minimum absolute atomic E-state index is 0.257. The number of imidazole rings is 1. The Morgan fingerprint density at radius 1 is 1.21 bits per heavy atom. The lowest BCUT2D eigenvalue weighted by molar-refractivity contribution is 0.171. The fourth-order valence-corrected chi connectivity index (χ4v) is 3.71. The summed E-state index contributed by atoms with van der Waals surface area (Å²) in [5.41, 5.74) is 0.456. The molecule has 2 aromatic heterocycles. The van der Waals surface area contributed by atoms with E-state index in [9.17, 15) is 9.59 Å². The number of hydrogen-bond donors (Lipinski definition) is 0. The van der Waals surface area contributed by atoms with Crippen LogP contribution in [0.15, 0.2) is 9.59 Å². The van der Waals surface area contributed by atoms with Crippen LogP contribution in [0.3, 0.4) is 0 Å². The second kappa shape index (κ2) is 6.55. The van der Waals surface area contributed by atoms with Gasteiger partial charge in [-0.2, -0.15) is 0 Å². The van der Waals surface area contributed by atoms with E-state index in [0.29, 0.717) is 17.1 Å². The van der Waals surface area contributed by atoms with E-state index in [-0.39, 0.29) is 11.2 Å². The normalized spacial score (nSPS) is 19.2. The Morgan fingerprint density at radius 2 is 1.96 bits per heavy atom. The van der Waals surface area contributed by atoms with Gasteiger partial charge in [-0.05, 0) is 31.7 Å². The Hall–Kier alpha value is -1.89. The third-order valence-corrected chi connectivity index (χ3v) is 4.98. The minimum atomic E-state index is -0.327. The number of nitrogens with zero attached hydrogens (tertiary/aromatic N) is 5. The standard InChI is InChI=1S/C17H27N5O2/c1-5-8-22-13(11-21-9-6-7-12(2)10-21)18-15-14(22)16(23)20(4)17(24)19(15)3/h12H,5-11H2,1-4H3/t12-/m0/s1. The maximum absolute atomic E-state index is 12.6. The molecule has 1 atom stereocenters. The molecule has 24 heavy (non-hydrogen) atoms. The van der Waals surface area contributed by atoms with Crippen LogP contribution in [0.5, 0.6) is 0 Å². The molecular weight excluding hydrogens is 306 g/mol. The van der Waals surface area contributed by atoms with Crippen LogP contribution in [0.1, 0.15) is 38.9 Å². The lowest BCUT2D eigenvalue weighted by Crippen LogP contribution is -2.37. The van der Waals surface area contributed by atoms with Crippen molar-refractivity contribution in [3.05, 3.63) is 26.7 Å². The van der Waals surface area contributed by atoms with Gasteiger partial charge in [-0.15, -0.1) is 0 Å². The van der Waals surface area contributed by atoms with Gasteiger partial charge in [0.15, 0.2) is 11.2 Å². The van der Waals surface area contributed by atoms with E-state index in [1.807, 2.05) is 4.57 Å². The topological polar surface area (TPSA) is 65.1 Å². The molecule has 0 radical (unpaired) electrons. The first-order valence-corrected chi connectivity index (χ1v) is 8.81. The first kappa shape index (κ1) is 17.0. The Labute approximate surface area is 141 Å². The van der Waals surface area contributed by atoms with Gasteiger partial charge in [-0.1, -0.05) is 13.8 Å². The molecule has 0 unspecified atom stereocenters. The second-order valence-electron chi connectivity index (χ2n) is 7.04. The van der Waals surface area contributed by atoms with Crippen molar-refractivity contribution in [1.82, 2.24) is 23.6 Å². The lowest BCUT2D eigenvalue weighted by Gasteiger charge is -2.30. The first-order chi connectivity index (χ1) is 11.4. The van der Waals surface area contributed by atoms with Crippen LogP contribution >= 0.6 is 0 Å². The van der Waals surface area contributed by atoms with Crippen LogP contribution in [-0.2, 0) is 27.2 Å². The molecular formula is C17H27N5O2.